The van der Waals surface area contributed by atoms with Crippen LogP contribution < -0.4 is 0 Å². The van der Waals surface area contributed by atoms with Gasteiger partial charge in [-0.05, 0) is 37.2 Å². The molecule has 0 saturated heterocycles. The predicted molar refractivity (Wildman–Crippen MR) is 56.6 cm³/mol. The maximum atomic E-state index is 2.33. The molecule has 68 valence electrons. The van der Waals surface area contributed by atoms with E-state index in [4.69, 9.17) is 0 Å². The van der Waals surface area contributed by atoms with Gasteiger partial charge in [-0.2, -0.15) is 0 Å². The first kappa shape index (κ1) is 8.55. The minimum Gasteiger partial charge on any atom is -0.0885 e. The lowest BCUT2D eigenvalue weighted by atomic mass is 9.89. The molecule has 0 amide bonds. The van der Waals surface area contributed by atoms with Crippen LogP contribution in [-0.4, -0.2) is 0 Å². The summed E-state index contributed by atoms with van der Waals surface area (Å²) >= 11 is 0. The molecule has 2 rings (SSSR count). The SMILES string of the molecule is C1=CCC(Cc2ccccc2)CC1. The van der Waals surface area contributed by atoms with Crippen LogP contribution in [0.15, 0.2) is 42.5 Å². The van der Waals surface area contributed by atoms with E-state index >= 15 is 0 Å². The minimum absolute atomic E-state index is 0.882. The van der Waals surface area contributed by atoms with Gasteiger partial charge in [0.2, 0.25) is 0 Å². The van der Waals surface area contributed by atoms with E-state index in [0.29, 0.717) is 0 Å². The fourth-order valence-corrected chi connectivity index (χ4v) is 1.99. The summed E-state index contributed by atoms with van der Waals surface area (Å²) in [7, 11) is 0. The van der Waals surface area contributed by atoms with Crippen molar-refractivity contribution in [1.82, 2.24) is 0 Å². The monoisotopic (exact) mass is 172 g/mol. The molecular weight excluding hydrogens is 156 g/mol. The molecular formula is C13H16. The van der Waals surface area contributed by atoms with Crippen LogP contribution in [0.2, 0.25) is 0 Å². The van der Waals surface area contributed by atoms with Crippen molar-refractivity contribution in [3.05, 3.63) is 48.0 Å². The van der Waals surface area contributed by atoms with Gasteiger partial charge in [-0.3, -0.25) is 0 Å². The molecule has 0 aromatic heterocycles. The van der Waals surface area contributed by atoms with Gasteiger partial charge in [0.25, 0.3) is 0 Å². The lowest BCUT2D eigenvalue weighted by Gasteiger charge is -2.17. The van der Waals surface area contributed by atoms with Crippen molar-refractivity contribution in [3.8, 4) is 0 Å². The zero-order chi connectivity index (χ0) is 8.93. The molecule has 0 saturated carbocycles. The number of hydrogen-bond donors (Lipinski definition) is 0. The summed E-state index contributed by atoms with van der Waals surface area (Å²) in [4.78, 5) is 0. The van der Waals surface area contributed by atoms with Crippen molar-refractivity contribution in [2.45, 2.75) is 25.7 Å². The molecule has 1 unspecified atom stereocenters. The maximum Gasteiger partial charge on any atom is -0.0247 e. The largest absolute Gasteiger partial charge is 0.0885 e. The van der Waals surface area contributed by atoms with Gasteiger partial charge in [0.1, 0.15) is 0 Å². The number of hydrogen-bond acceptors (Lipinski definition) is 0. The summed E-state index contributed by atoms with van der Waals surface area (Å²) < 4.78 is 0. The maximum absolute atomic E-state index is 2.33. The molecule has 0 aliphatic heterocycles. The van der Waals surface area contributed by atoms with Gasteiger partial charge in [-0.25, -0.2) is 0 Å². The summed E-state index contributed by atoms with van der Waals surface area (Å²) in [6, 6.07) is 10.8. The van der Waals surface area contributed by atoms with Crippen molar-refractivity contribution < 1.29 is 0 Å². The van der Waals surface area contributed by atoms with E-state index < -0.39 is 0 Å². The summed E-state index contributed by atoms with van der Waals surface area (Å²) in [6.45, 7) is 0. The topological polar surface area (TPSA) is 0 Å². The molecule has 13 heavy (non-hydrogen) atoms. The van der Waals surface area contributed by atoms with Crippen LogP contribution in [0.25, 0.3) is 0 Å². The van der Waals surface area contributed by atoms with Gasteiger partial charge in [-0.15, -0.1) is 0 Å². The Morgan fingerprint density at radius 1 is 1.08 bits per heavy atom. The Morgan fingerprint density at radius 3 is 2.62 bits per heavy atom. The van der Waals surface area contributed by atoms with E-state index in [-0.39, 0.29) is 0 Å². The summed E-state index contributed by atoms with van der Waals surface area (Å²) in [6.07, 6.45) is 9.81. The molecule has 0 bridgehead atoms. The minimum atomic E-state index is 0.882. The molecule has 1 aromatic carbocycles. The van der Waals surface area contributed by atoms with E-state index in [1.807, 2.05) is 0 Å². The molecule has 0 spiro atoms. The normalized spacial score (nSPS) is 21.7. The molecule has 0 heteroatoms. The molecule has 1 aliphatic carbocycles. The van der Waals surface area contributed by atoms with E-state index in [0.717, 1.165) is 5.92 Å². The third-order valence-corrected chi connectivity index (χ3v) is 2.74. The van der Waals surface area contributed by atoms with E-state index in [9.17, 15) is 0 Å². The quantitative estimate of drug-likeness (QED) is 0.598. The van der Waals surface area contributed by atoms with Gasteiger partial charge >= 0.3 is 0 Å². The highest BCUT2D eigenvalue weighted by molar-refractivity contribution is 5.15. The van der Waals surface area contributed by atoms with Crippen LogP contribution in [0.1, 0.15) is 24.8 Å². The van der Waals surface area contributed by atoms with Crippen LogP contribution in [0.5, 0.6) is 0 Å². The molecule has 0 heterocycles. The number of allylic oxidation sites excluding steroid dienone is 2. The highest BCUT2D eigenvalue weighted by Gasteiger charge is 2.09. The molecule has 0 nitrogen and oxygen atoms in total. The number of benzene rings is 1. The standard InChI is InChI=1S/C13H16/c1-3-7-12(8-4-1)11-13-9-5-2-6-10-13/h1-5,7-8,13H,6,9-11H2. The van der Waals surface area contributed by atoms with Gasteiger partial charge in [0, 0.05) is 0 Å². The zero-order valence-corrected chi connectivity index (χ0v) is 7.95. The highest BCUT2D eigenvalue weighted by atomic mass is 14.1. The van der Waals surface area contributed by atoms with Crippen LogP contribution in [0.4, 0.5) is 0 Å². The third-order valence-electron chi connectivity index (χ3n) is 2.74. The second-order valence-corrected chi connectivity index (χ2v) is 3.84. The Morgan fingerprint density at radius 2 is 1.92 bits per heavy atom. The van der Waals surface area contributed by atoms with Gasteiger partial charge in [0.05, 0.1) is 0 Å². The highest BCUT2D eigenvalue weighted by Crippen LogP contribution is 2.22. The van der Waals surface area contributed by atoms with Crippen LogP contribution in [-0.2, 0) is 6.42 Å². The lowest BCUT2D eigenvalue weighted by Crippen LogP contribution is -2.05. The second kappa shape index (κ2) is 4.27. The second-order valence-electron chi connectivity index (χ2n) is 3.84. The van der Waals surface area contributed by atoms with Crippen molar-refractivity contribution in [3.63, 3.8) is 0 Å². The van der Waals surface area contributed by atoms with Crippen LogP contribution in [0.3, 0.4) is 0 Å². The Bertz CT molecular complexity index is 271. The first-order chi connectivity index (χ1) is 6.45. The Kier molecular flexibility index (Phi) is 2.81. The van der Waals surface area contributed by atoms with Gasteiger partial charge < -0.3 is 0 Å². The molecule has 1 aromatic rings. The van der Waals surface area contributed by atoms with E-state index in [1.54, 1.807) is 0 Å². The van der Waals surface area contributed by atoms with Gasteiger partial charge in [0.15, 0.2) is 0 Å². The average molecular weight is 172 g/mol. The van der Waals surface area contributed by atoms with Crippen molar-refractivity contribution >= 4 is 0 Å². The first-order valence-corrected chi connectivity index (χ1v) is 5.14. The smallest absolute Gasteiger partial charge is 0.0247 e. The van der Waals surface area contributed by atoms with Crippen LogP contribution >= 0.6 is 0 Å². The summed E-state index contributed by atoms with van der Waals surface area (Å²) in [5.74, 6) is 0.882. The average Bonchev–Trinajstić information content (AvgIpc) is 2.21. The van der Waals surface area contributed by atoms with Crippen LogP contribution in [0, 0.1) is 5.92 Å². The fraction of sp³-hybridized carbons (Fsp3) is 0.385. The Labute approximate surface area is 80.3 Å². The molecule has 0 N–H and O–H groups in total. The van der Waals surface area contributed by atoms with Crippen molar-refractivity contribution in [1.29, 1.82) is 0 Å². The lowest BCUT2D eigenvalue weighted by molar-refractivity contribution is 0.477. The summed E-state index contributed by atoms with van der Waals surface area (Å²) in [5.41, 5.74) is 1.49. The molecule has 0 radical (unpaired) electrons. The Hall–Kier alpha value is -1.04. The van der Waals surface area contributed by atoms with Crippen molar-refractivity contribution in [2.24, 2.45) is 5.92 Å². The Balaban J connectivity index is 1.94. The first-order valence-electron chi connectivity index (χ1n) is 5.14. The zero-order valence-electron chi connectivity index (χ0n) is 7.95. The predicted octanol–water partition coefficient (Wildman–Crippen LogP) is 3.59. The molecule has 0 fully saturated rings. The summed E-state index contributed by atoms with van der Waals surface area (Å²) in [5, 5.41) is 0. The van der Waals surface area contributed by atoms with E-state index in [1.165, 1.54) is 31.2 Å². The third kappa shape index (κ3) is 2.45. The fourth-order valence-electron chi connectivity index (χ4n) is 1.99. The van der Waals surface area contributed by atoms with E-state index in [2.05, 4.69) is 42.5 Å². The molecule has 1 atom stereocenters. The number of rotatable bonds is 2. The van der Waals surface area contributed by atoms with Gasteiger partial charge in [-0.1, -0.05) is 42.5 Å². The van der Waals surface area contributed by atoms with Crippen molar-refractivity contribution in [2.75, 3.05) is 0 Å². The molecule has 1 aliphatic rings.